The molecule has 0 atom stereocenters. The molecule has 100 valence electrons. The third-order valence-corrected chi connectivity index (χ3v) is 5.26. The van der Waals surface area contributed by atoms with E-state index in [9.17, 15) is 0 Å². The molecular weight excluding hydrogens is 337 g/mol. The first-order chi connectivity index (χ1) is 8.65. The highest BCUT2D eigenvalue weighted by atomic mass is 127. The van der Waals surface area contributed by atoms with Gasteiger partial charge < -0.3 is 5.73 Å². The van der Waals surface area contributed by atoms with Crippen molar-refractivity contribution in [1.82, 2.24) is 9.97 Å². The minimum atomic E-state index is 0.525. The average molecular weight is 359 g/mol. The molecule has 1 aliphatic carbocycles. The fraction of sp³-hybridized carbons (Fsp3) is 0.714. The fourth-order valence-electron chi connectivity index (χ4n) is 2.78. The second-order valence-corrected chi connectivity index (χ2v) is 6.29. The first-order valence-corrected chi connectivity index (χ1v) is 8.05. The lowest BCUT2D eigenvalue weighted by atomic mass is 9.80. The van der Waals surface area contributed by atoms with Crippen molar-refractivity contribution in [2.24, 2.45) is 5.92 Å². The minimum Gasteiger partial charge on any atom is -0.383 e. The highest BCUT2D eigenvalue weighted by Gasteiger charge is 2.24. The van der Waals surface area contributed by atoms with Crippen molar-refractivity contribution in [3.63, 3.8) is 0 Å². The number of hydrogen-bond acceptors (Lipinski definition) is 3. The smallest absolute Gasteiger partial charge is 0.140 e. The van der Waals surface area contributed by atoms with Crippen LogP contribution >= 0.6 is 22.6 Å². The van der Waals surface area contributed by atoms with Gasteiger partial charge in [0.25, 0.3) is 0 Å². The van der Waals surface area contributed by atoms with Crippen LogP contribution in [0.5, 0.6) is 0 Å². The van der Waals surface area contributed by atoms with Crippen molar-refractivity contribution in [2.45, 2.75) is 58.3 Å². The van der Waals surface area contributed by atoms with Crippen LogP contribution in [0.4, 0.5) is 5.82 Å². The van der Waals surface area contributed by atoms with Crippen LogP contribution in [0.2, 0.25) is 0 Å². The van der Waals surface area contributed by atoms with Gasteiger partial charge in [-0.1, -0.05) is 20.3 Å². The number of halogens is 1. The summed E-state index contributed by atoms with van der Waals surface area (Å²) in [6, 6.07) is 0. The molecule has 1 aliphatic rings. The van der Waals surface area contributed by atoms with Gasteiger partial charge in [0.05, 0.1) is 9.26 Å². The molecule has 0 saturated heterocycles. The summed E-state index contributed by atoms with van der Waals surface area (Å²) < 4.78 is 1.03. The Morgan fingerprint density at radius 1 is 1.17 bits per heavy atom. The summed E-state index contributed by atoms with van der Waals surface area (Å²) >= 11 is 2.25. The Hall–Kier alpha value is -0.390. The van der Waals surface area contributed by atoms with Crippen molar-refractivity contribution in [3.05, 3.63) is 15.1 Å². The zero-order valence-corrected chi connectivity index (χ0v) is 13.4. The topological polar surface area (TPSA) is 51.8 Å². The van der Waals surface area contributed by atoms with E-state index < -0.39 is 0 Å². The monoisotopic (exact) mass is 359 g/mol. The van der Waals surface area contributed by atoms with Gasteiger partial charge in [-0.15, -0.1) is 0 Å². The van der Waals surface area contributed by atoms with Crippen LogP contribution in [-0.2, 0) is 6.42 Å². The molecule has 0 aromatic carbocycles. The molecule has 1 aromatic heterocycles. The largest absolute Gasteiger partial charge is 0.383 e. The van der Waals surface area contributed by atoms with Crippen LogP contribution in [0.3, 0.4) is 0 Å². The maximum absolute atomic E-state index is 6.00. The van der Waals surface area contributed by atoms with E-state index >= 15 is 0 Å². The summed E-state index contributed by atoms with van der Waals surface area (Å²) in [6.45, 7) is 4.42. The van der Waals surface area contributed by atoms with Crippen LogP contribution in [0.15, 0.2) is 0 Å². The molecule has 0 spiro atoms. The van der Waals surface area contributed by atoms with Gasteiger partial charge in [0.1, 0.15) is 11.6 Å². The average Bonchev–Trinajstić information content (AvgIpc) is 2.42. The molecule has 3 nitrogen and oxygen atoms in total. The third-order valence-electron chi connectivity index (χ3n) is 4.09. The Kier molecular flexibility index (Phi) is 4.81. The molecule has 0 bridgehead atoms. The second-order valence-electron chi connectivity index (χ2n) is 5.21. The first kappa shape index (κ1) is 14.0. The van der Waals surface area contributed by atoms with Crippen molar-refractivity contribution in [2.75, 3.05) is 5.73 Å². The van der Waals surface area contributed by atoms with Crippen molar-refractivity contribution >= 4 is 28.4 Å². The van der Waals surface area contributed by atoms with Gasteiger partial charge in [0.2, 0.25) is 0 Å². The molecule has 2 N–H and O–H groups in total. The normalized spacial score (nSPS) is 24.2. The van der Waals surface area contributed by atoms with Crippen molar-refractivity contribution < 1.29 is 0 Å². The van der Waals surface area contributed by atoms with Crippen LogP contribution in [-0.4, -0.2) is 9.97 Å². The second kappa shape index (κ2) is 6.17. The Balaban J connectivity index is 2.17. The van der Waals surface area contributed by atoms with E-state index in [1.165, 1.54) is 32.1 Å². The predicted molar refractivity (Wildman–Crippen MR) is 83.5 cm³/mol. The third kappa shape index (κ3) is 2.95. The standard InChI is InChI=1S/C14H22IN3/c1-3-9-5-7-10(8-6-9)14-17-11(4-2)12(15)13(16)18-14/h9-10H,3-8H2,1-2H3,(H2,16,17,18). The molecule has 0 aliphatic heterocycles. The molecule has 18 heavy (non-hydrogen) atoms. The molecule has 1 aromatic rings. The maximum atomic E-state index is 6.00. The van der Waals surface area contributed by atoms with E-state index in [1.807, 2.05) is 0 Å². The molecule has 2 rings (SSSR count). The lowest BCUT2D eigenvalue weighted by molar-refractivity contribution is 0.312. The molecule has 1 heterocycles. The molecule has 0 radical (unpaired) electrons. The van der Waals surface area contributed by atoms with E-state index in [0.717, 1.165) is 27.4 Å². The van der Waals surface area contributed by atoms with E-state index in [1.54, 1.807) is 0 Å². The van der Waals surface area contributed by atoms with E-state index in [4.69, 9.17) is 10.7 Å². The van der Waals surface area contributed by atoms with Gasteiger partial charge in [-0.3, -0.25) is 0 Å². The van der Waals surface area contributed by atoms with Crippen LogP contribution in [0.25, 0.3) is 0 Å². The summed E-state index contributed by atoms with van der Waals surface area (Å²) in [6.07, 6.45) is 7.32. The van der Waals surface area contributed by atoms with Crippen LogP contribution < -0.4 is 5.73 Å². The molecule has 0 unspecified atom stereocenters. The Bertz CT molecular complexity index is 412. The highest BCUT2D eigenvalue weighted by molar-refractivity contribution is 14.1. The molecule has 1 saturated carbocycles. The summed E-state index contributed by atoms with van der Waals surface area (Å²) in [7, 11) is 0. The predicted octanol–water partition coefficient (Wildman–Crippen LogP) is 3.91. The number of nitrogens with zero attached hydrogens (tertiary/aromatic N) is 2. The quantitative estimate of drug-likeness (QED) is 0.833. The van der Waals surface area contributed by atoms with Crippen molar-refractivity contribution in [3.8, 4) is 0 Å². The van der Waals surface area contributed by atoms with Gasteiger partial charge in [-0.2, -0.15) is 0 Å². The van der Waals surface area contributed by atoms with Gasteiger partial charge in [-0.25, -0.2) is 9.97 Å². The number of nitrogen functional groups attached to an aromatic ring is 1. The lowest BCUT2D eigenvalue weighted by Crippen LogP contribution is -2.17. The van der Waals surface area contributed by atoms with Gasteiger partial charge in [0, 0.05) is 5.92 Å². The SMILES string of the molecule is CCc1nc(C2CCC(CC)CC2)nc(N)c1I. The van der Waals surface area contributed by atoms with Crippen LogP contribution in [0, 0.1) is 9.49 Å². The zero-order chi connectivity index (χ0) is 13.1. The molecule has 1 fully saturated rings. The molecule has 4 heteroatoms. The summed E-state index contributed by atoms with van der Waals surface area (Å²) in [5.41, 5.74) is 7.11. The number of hydrogen-bond donors (Lipinski definition) is 1. The lowest BCUT2D eigenvalue weighted by Gasteiger charge is -2.27. The van der Waals surface area contributed by atoms with Crippen LogP contribution in [0.1, 0.15) is 63.4 Å². The number of aryl methyl sites for hydroxylation is 1. The molecular formula is C14H22IN3. The van der Waals surface area contributed by atoms with Gasteiger partial charge in [0.15, 0.2) is 0 Å². The first-order valence-electron chi connectivity index (χ1n) is 6.97. The van der Waals surface area contributed by atoms with E-state index in [-0.39, 0.29) is 0 Å². The van der Waals surface area contributed by atoms with Gasteiger partial charge in [-0.05, 0) is 60.6 Å². The summed E-state index contributed by atoms with van der Waals surface area (Å²) in [5, 5.41) is 0. The molecule has 0 amide bonds. The minimum absolute atomic E-state index is 0.525. The summed E-state index contributed by atoms with van der Waals surface area (Å²) in [4.78, 5) is 9.24. The maximum Gasteiger partial charge on any atom is 0.140 e. The number of anilines is 1. The number of rotatable bonds is 3. The number of nitrogens with two attached hydrogens (primary N) is 1. The van der Waals surface area contributed by atoms with E-state index in [2.05, 4.69) is 41.4 Å². The zero-order valence-electron chi connectivity index (χ0n) is 11.2. The van der Waals surface area contributed by atoms with Gasteiger partial charge >= 0.3 is 0 Å². The fourth-order valence-corrected chi connectivity index (χ4v) is 3.40. The Labute approximate surface area is 123 Å². The van der Waals surface area contributed by atoms with E-state index in [0.29, 0.717) is 11.7 Å². The number of aromatic nitrogens is 2. The Morgan fingerprint density at radius 2 is 1.83 bits per heavy atom. The highest BCUT2D eigenvalue weighted by Crippen LogP contribution is 2.36. The Morgan fingerprint density at radius 3 is 2.39 bits per heavy atom. The van der Waals surface area contributed by atoms with Crippen molar-refractivity contribution in [1.29, 1.82) is 0 Å². The summed E-state index contributed by atoms with van der Waals surface area (Å²) in [5.74, 6) is 3.08.